The number of hydrogen-bond acceptors (Lipinski definition) is 5. The summed E-state index contributed by atoms with van der Waals surface area (Å²) in [6, 6.07) is -0.680. The fourth-order valence-corrected chi connectivity index (χ4v) is 2.34. The summed E-state index contributed by atoms with van der Waals surface area (Å²) in [5, 5.41) is 30.1. The van der Waals surface area contributed by atoms with Crippen molar-refractivity contribution in [1.82, 2.24) is 5.32 Å². The van der Waals surface area contributed by atoms with Crippen molar-refractivity contribution >= 4 is 21.9 Å². The van der Waals surface area contributed by atoms with Crippen molar-refractivity contribution in [1.29, 1.82) is 0 Å². The zero-order valence-electron chi connectivity index (χ0n) is 8.20. The van der Waals surface area contributed by atoms with Gasteiger partial charge in [-0.05, 0) is 0 Å². The third kappa shape index (κ3) is 2.90. The molecule has 6 nitrogen and oxygen atoms in total. The molecule has 88 valence electrons. The Hall–Kier alpha value is -0.171. The summed E-state index contributed by atoms with van der Waals surface area (Å²) in [6.07, 6.45) is -3.17. The van der Waals surface area contributed by atoms with E-state index in [1.807, 2.05) is 0 Å². The fraction of sp³-hybridized carbons (Fsp3) is 0.875. The van der Waals surface area contributed by atoms with E-state index in [2.05, 4.69) is 21.3 Å². The van der Waals surface area contributed by atoms with Crippen molar-refractivity contribution in [2.75, 3.05) is 6.61 Å². The quantitative estimate of drug-likeness (QED) is 0.401. The summed E-state index contributed by atoms with van der Waals surface area (Å²) in [5.41, 5.74) is 0. The number of nitrogens with one attached hydrogen (secondary N) is 1. The van der Waals surface area contributed by atoms with Gasteiger partial charge < -0.3 is 0 Å². The molecule has 1 amide bonds. The van der Waals surface area contributed by atoms with Gasteiger partial charge in [-0.25, -0.2) is 0 Å². The second-order valence-electron chi connectivity index (χ2n) is 3.46. The minimum atomic E-state index is -1.20. The number of aliphatic hydroxyl groups excluding tert-OH is 3. The molecule has 0 saturated carbocycles. The number of amides is 1. The third-order valence-corrected chi connectivity index (χ3v) is 3.20. The molecule has 1 aliphatic rings. The predicted molar refractivity (Wildman–Crippen MR) is 52.5 cm³/mol. The van der Waals surface area contributed by atoms with Gasteiger partial charge in [0.2, 0.25) is 0 Å². The first-order valence-corrected chi connectivity index (χ1v) is 5.63. The van der Waals surface area contributed by atoms with E-state index in [0.717, 1.165) is 0 Å². The molecule has 0 aliphatic carbocycles. The summed E-state index contributed by atoms with van der Waals surface area (Å²) in [5.74, 6) is -0.312. The number of rotatable bonds is 2. The molecule has 15 heavy (non-hydrogen) atoms. The standard InChI is InChI=1S/C8H15NO5Se/c1-3(11)9-5-7(13)6(12)4(2-10)14-8(5)15/h4-8,10,12-13,15H,2H2,1H3,(H,9,11)/t4-,5-,6-,7-,8+/m1/s1. The van der Waals surface area contributed by atoms with Crippen LogP contribution >= 0.6 is 0 Å². The molecule has 7 heteroatoms. The maximum absolute atomic E-state index is 10.8. The molecule has 1 heterocycles. The topological polar surface area (TPSA) is 99.0 Å². The van der Waals surface area contributed by atoms with E-state index in [1.54, 1.807) is 0 Å². The van der Waals surface area contributed by atoms with Gasteiger partial charge in [0.25, 0.3) is 0 Å². The SMILES string of the molecule is CC(=O)N[C@@H]1[C@@H](O)[C@H](O)[C@@H](CO)O[C@H]1[SeH]. The van der Waals surface area contributed by atoms with E-state index in [4.69, 9.17) is 9.84 Å². The first-order valence-electron chi connectivity index (χ1n) is 4.55. The second-order valence-corrected chi connectivity index (χ2v) is 4.52. The van der Waals surface area contributed by atoms with Gasteiger partial charge in [0.1, 0.15) is 0 Å². The van der Waals surface area contributed by atoms with Crippen LogP contribution in [-0.2, 0) is 9.53 Å². The second kappa shape index (κ2) is 5.25. The Kier molecular flexibility index (Phi) is 4.51. The molecule has 4 N–H and O–H groups in total. The van der Waals surface area contributed by atoms with Crippen molar-refractivity contribution < 1.29 is 24.9 Å². The van der Waals surface area contributed by atoms with Gasteiger partial charge in [-0.1, -0.05) is 0 Å². The molecular formula is C8H15NO5Se. The molecule has 0 radical (unpaired) electrons. The average Bonchev–Trinajstić information content (AvgIpc) is 2.18. The first kappa shape index (κ1) is 12.9. The summed E-state index contributed by atoms with van der Waals surface area (Å²) in [6.45, 7) is 0.941. The maximum atomic E-state index is 10.8. The van der Waals surface area contributed by atoms with Crippen molar-refractivity contribution in [2.45, 2.75) is 36.3 Å². The summed E-state index contributed by atoms with van der Waals surface area (Å²) < 4.78 is 5.23. The Morgan fingerprint density at radius 1 is 1.47 bits per heavy atom. The van der Waals surface area contributed by atoms with Gasteiger partial charge in [0.15, 0.2) is 0 Å². The van der Waals surface area contributed by atoms with E-state index in [9.17, 15) is 15.0 Å². The van der Waals surface area contributed by atoms with Crippen LogP contribution in [0.5, 0.6) is 0 Å². The third-order valence-electron chi connectivity index (χ3n) is 2.27. The number of carbonyl (C=O) groups is 1. The molecular weight excluding hydrogens is 269 g/mol. The Morgan fingerprint density at radius 2 is 2.07 bits per heavy atom. The molecule has 0 bridgehead atoms. The zero-order valence-corrected chi connectivity index (χ0v) is 10.1. The molecule has 1 fully saturated rings. The molecule has 1 rings (SSSR count). The van der Waals surface area contributed by atoms with E-state index >= 15 is 0 Å². The average molecular weight is 284 g/mol. The zero-order chi connectivity index (χ0) is 11.6. The molecule has 0 unspecified atom stereocenters. The van der Waals surface area contributed by atoms with Gasteiger partial charge in [0, 0.05) is 0 Å². The number of aliphatic hydroxyl groups is 3. The summed E-state index contributed by atoms with van der Waals surface area (Å²) in [4.78, 5) is 10.8. The van der Waals surface area contributed by atoms with Gasteiger partial charge in [-0.15, -0.1) is 0 Å². The van der Waals surface area contributed by atoms with Crippen LogP contribution in [-0.4, -0.2) is 73.2 Å². The Morgan fingerprint density at radius 3 is 2.53 bits per heavy atom. The number of ether oxygens (including phenoxy) is 1. The van der Waals surface area contributed by atoms with Gasteiger partial charge in [-0.3, -0.25) is 0 Å². The molecule has 1 saturated heterocycles. The fourth-order valence-electron chi connectivity index (χ4n) is 1.49. The minimum absolute atomic E-state index is 0.312. The Balaban J connectivity index is 2.70. The monoisotopic (exact) mass is 285 g/mol. The van der Waals surface area contributed by atoms with E-state index in [-0.39, 0.29) is 12.5 Å². The van der Waals surface area contributed by atoms with Crippen molar-refractivity contribution in [3.8, 4) is 0 Å². The summed E-state index contributed by atoms with van der Waals surface area (Å²) >= 11 is 2.15. The number of carbonyl (C=O) groups excluding carboxylic acids is 1. The van der Waals surface area contributed by atoms with Crippen molar-refractivity contribution in [3.05, 3.63) is 0 Å². The van der Waals surface area contributed by atoms with Crippen LogP contribution in [0.3, 0.4) is 0 Å². The van der Waals surface area contributed by atoms with Gasteiger partial charge >= 0.3 is 95.0 Å². The molecule has 0 aromatic rings. The first-order chi connectivity index (χ1) is 6.97. The molecule has 0 aromatic heterocycles. The van der Waals surface area contributed by atoms with Crippen LogP contribution in [0.1, 0.15) is 6.92 Å². The van der Waals surface area contributed by atoms with Gasteiger partial charge in [0.05, 0.1) is 0 Å². The van der Waals surface area contributed by atoms with Crippen molar-refractivity contribution in [3.63, 3.8) is 0 Å². The predicted octanol–water partition coefficient (Wildman–Crippen LogP) is -3.17. The summed E-state index contributed by atoms with van der Waals surface area (Å²) in [7, 11) is 0. The number of hydrogen-bond donors (Lipinski definition) is 4. The van der Waals surface area contributed by atoms with Crippen LogP contribution in [0.25, 0.3) is 0 Å². The normalized spacial score (nSPS) is 41.3. The van der Waals surface area contributed by atoms with Crippen LogP contribution in [0, 0.1) is 0 Å². The molecule has 1 aliphatic heterocycles. The van der Waals surface area contributed by atoms with Crippen LogP contribution in [0.2, 0.25) is 0 Å². The molecule has 0 spiro atoms. The van der Waals surface area contributed by atoms with Crippen LogP contribution in [0.15, 0.2) is 0 Å². The van der Waals surface area contributed by atoms with E-state index in [0.29, 0.717) is 0 Å². The van der Waals surface area contributed by atoms with E-state index in [1.165, 1.54) is 6.92 Å². The van der Waals surface area contributed by atoms with E-state index < -0.39 is 29.4 Å². The Labute approximate surface area is 95.4 Å². The molecule has 0 aromatic carbocycles. The van der Waals surface area contributed by atoms with Crippen LogP contribution in [0.4, 0.5) is 0 Å². The van der Waals surface area contributed by atoms with Crippen molar-refractivity contribution in [2.24, 2.45) is 0 Å². The molecule has 5 atom stereocenters. The Bertz CT molecular complexity index is 239. The van der Waals surface area contributed by atoms with Crippen LogP contribution < -0.4 is 5.32 Å². The van der Waals surface area contributed by atoms with Gasteiger partial charge in [-0.2, -0.15) is 0 Å².